The van der Waals surface area contributed by atoms with Crippen molar-refractivity contribution in [3.05, 3.63) is 81.4 Å². The zero-order valence-corrected chi connectivity index (χ0v) is 13.1. The molecule has 8 heteroatoms. The Bertz CT molecular complexity index is 1090. The molecule has 0 spiro atoms. The second kappa shape index (κ2) is 6.86. The largest absolute Gasteiger partial charge is 0.476 e. The van der Waals surface area contributed by atoms with E-state index < -0.39 is 28.6 Å². The summed E-state index contributed by atoms with van der Waals surface area (Å²) in [6.07, 6.45) is 4.13. The minimum atomic E-state index is -1.42. The van der Waals surface area contributed by atoms with E-state index in [2.05, 4.69) is 5.10 Å². The molecule has 0 amide bonds. The van der Waals surface area contributed by atoms with Gasteiger partial charge in [0.2, 0.25) is 0 Å². The van der Waals surface area contributed by atoms with Gasteiger partial charge in [-0.05, 0) is 48.6 Å². The number of carbonyl (C=O) groups is 1. The molecule has 26 heavy (non-hydrogen) atoms. The topological polar surface area (TPSA) is 109 Å². The van der Waals surface area contributed by atoms with Crippen molar-refractivity contribution >= 4 is 18.1 Å². The first-order valence-corrected chi connectivity index (χ1v) is 7.29. The Morgan fingerprint density at radius 3 is 2.58 bits per heavy atom. The molecule has 0 atom stereocenters. The van der Waals surface area contributed by atoms with E-state index in [4.69, 9.17) is 4.42 Å². The van der Waals surface area contributed by atoms with E-state index in [1.807, 2.05) is 0 Å². The summed E-state index contributed by atoms with van der Waals surface area (Å²) in [7, 11) is 0. The van der Waals surface area contributed by atoms with Crippen LogP contribution in [-0.2, 0) is 0 Å². The third-order valence-corrected chi connectivity index (χ3v) is 3.47. The summed E-state index contributed by atoms with van der Waals surface area (Å²) >= 11 is 0. The predicted octanol–water partition coefficient (Wildman–Crippen LogP) is 2.70. The molecule has 0 radical (unpaired) electrons. The molecule has 3 aromatic rings. The minimum Gasteiger partial charge on any atom is -0.476 e. The first kappa shape index (κ1) is 16.9. The minimum absolute atomic E-state index is 0.136. The molecule has 2 aromatic heterocycles. The smallest absolute Gasteiger partial charge is 0.357 e. The summed E-state index contributed by atoms with van der Waals surface area (Å²) in [6, 6.07) is 9.69. The molecule has 0 aliphatic heterocycles. The van der Waals surface area contributed by atoms with Gasteiger partial charge in [0.1, 0.15) is 23.2 Å². The van der Waals surface area contributed by atoms with Gasteiger partial charge in [0.05, 0.1) is 12.0 Å². The highest BCUT2D eigenvalue weighted by Gasteiger charge is 2.21. The molecule has 0 aliphatic carbocycles. The standard InChI is InChI=1S/C18H10FN3O4/c19-11-3-5-12(6-4-11)22-17(23)15(10-20)14(16(21-22)18(24)25)8-7-13-2-1-9-26-13/h1-9H,(H,24,25)/b8-7+. The van der Waals surface area contributed by atoms with Gasteiger partial charge in [0.25, 0.3) is 5.56 Å². The zero-order valence-electron chi connectivity index (χ0n) is 13.1. The number of benzene rings is 1. The van der Waals surface area contributed by atoms with E-state index in [-0.39, 0.29) is 11.3 Å². The SMILES string of the molecule is N#Cc1c(/C=C/c2ccco2)c(C(=O)O)nn(-c2ccc(F)cc2)c1=O. The van der Waals surface area contributed by atoms with Crippen LogP contribution in [-0.4, -0.2) is 20.9 Å². The van der Waals surface area contributed by atoms with Crippen LogP contribution >= 0.6 is 0 Å². The van der Waals surface area contributed by atoms with Crippen molar-refractivity contribution in [1.29, 1.82) is 5.26 Å². The molecule has 0 unspecified atom stereocenters. The highest BCUT2D eigenvalue weighted by Crippen LogP contribution is 2.16. The predicted molar refractivity (Wildman–Crippen MR) is 89.1 cm³/mol. The van der Waals surface area contributed by atoms with Crippen molar-refractivity contribution in [2.24, 2.45) is 0 Å². The van der Waals surface area contributed by atoms with Gasteiger partial charge in [-0.25, -0.2) is 9.18 Å². The number of hydrogen-bond donors (Lipinski definition) is 1. The summed E-state index contributed by atoms with van der Waals surface area (Å²) < 4.78 is 18.9. The number of nitrogens with zero attached hydrogens (tertiary/aromatic N) is 3. The summed E-state index contributed by atoms with van der Waals surface area (Å²) in [4.78, 5) is 24.2. The fourth-order valence-corrected chi connectivity index (χ4v) is 2.28. The molecule has 3 rings (SSSR count). The van der Waals surface area contributed by atoms with E-state index in [9.17, 15) is 24.3 Å². The lowest BCUT2D eigenvalue weighted by Crippen LogP contribution is -2.28. The number of carboxylic acid groups (broad SMARTS) is 1. The second-order valence-corrected chi connectivity index (χ2v) is 5.10. The van der Waals surface area contributed by atoms with Crippen molar-refractivity contribution in [2.45, 2.75) is 0 Å². The molecule has 1 aromatic carbocycles. The van der Waals surface area contributed by atoms with Crippen molar-refractivity contribution in [1.82, 2.24) is 9.78 Å². The van der Waals surface area contributed by atoms with Gasteiger partial charge >= 0.3 is 5.97 Å². The van der Waals surface area contributed by atoms with Crippen LogP contribution in [0, 0.1) is 17.1 Å². The van der Waals surface area contributed by atoms with E-state index >= 15 is 0 Å². The number of nitriles is 1. The Hall–Kier alpha value is -3.99. The van der Waals surface area contributed by atoms with Gasteiger partial charge in [0.15, 0.2) is 5.69 Å². The number of hydrogen-bond acceptors (Lipinski definition) is 5. The van der Waals surface area contributed by atoms with E-state index in [0.29, 0.717) is 5.76 Å². The van der Waals surface area contributed by atoms with Crippen LogP contribution < -0.4 is 5.56 Å². The maximum atomic E-state index is 13.1. The first-order chi connectivity index (χ1) is 12.5. The van der Waals surface area contributed by atoms with Crippen molar-refractivity contribution < 1.29 is 18.7 Å². The monoisotopic (exact) mass is 351 g/mol. The van der Waals surface area contributed by atoms with Crippen LogP contribution in [0.5, 0.6) is 0 Å². The molecule has 7 nitrogen and oxygen atoms in total. The molecule has 2 heterocycles. The Balaban J connectivity index is 2.24. The third-order valence-electron chi connectivity index (χ3n) is 3.47. The summed E-state index contributed by atoms with van der Waals surface area (Å²) in [5, 5.41) is 22.7. The van der Waals surface area contributed by atoms with Crippen molar-refractivity contribution in [3.8, 4) is 11.8 Å². The lowest BCUT2D eigenvalue weighted by atomic mass is 10.1. The highest BCUT2D eigenvalue weighted by molar-refractivity contribution is 5.92. The molecule has 0 saturated carbocycles. The van der Waals surface area contributed by atoms with E-state index in [0.717, 1.165) is 16.8 Å². The molecular formula is C18H10FN3O4. The summed E-state index contributed by atoms with van der Waals surface area (Å²) in [5.74, 6) is -1.54. The maximum Gasteiger partial charge on any atom is 0.357 e. The molecule has 0 aliphatic rings. The highest BCUT2D eigenvalue weighted by atomic mass is 19.1. The maximum absolute atomic E-state index is 13.1. The van der Waals surface area contributed by atoms with Crippen molar-refractivity contribution in [2.75, 3.05) is 0 Å². The third kappa shape index (κ3) is 3.14. The normalized spacial score (nSPS) is 10.8. The van der Waals surface area contributed by atoms with Crippen molar-refractivity contribution in [3.63, 3.8) is 0 Å². The van der Waals surface area contributed by atoms with Crippen LogP contribution in [0.15, 0.2) is 51.9 Å². The Morgan fingerprint density at radius 1 is 1.27 bits per heavy atom. The Labute approximate surface area is 145 Å². The lowest BCUT2D eigenvalue weighted by molar-refractivity contribution is 0.0688. The lowest BCUT2D eigenvalue weighted by Gasteiger charge is -2.09. The fraction of sp³-hybridized carbons (Fsp3) is 0. The molecule has 128 valence electrons. The van der Waals surface area contributed by atoms with Gasteiger partial charge in [-0.3, -0.25) is 4.79 Å². The Morgan fingerprint density at radius 2 is 2.00 bits per heavy atom. The van der Waals surface area contributed by atoms with Gasteiger partial charge in [-0.15, -0.1) is 0 Å². The molecule has 1 N–H and O–H groups in total. The van der Waals surface area contributed by atoms with Crippen LogP contribution in [0.3, 0.4) is 0 Å². The van der Waals surface area contributed by atoms with Gasteiger partial charge in [-0.2, -0.15) is 15.0 Å². The van der Waals surface area contributed by atoms with Gasteiger partial charge in [0, 0.05) is 5.56 Å². The zero-order chi connectivity index (χ0) is 18.7. The second-order valence-electron chi connectivity index (χ2n) is 5.10. The molecule has 0 fully saturated rings. The quantitative estimate of drug-likeness (QED) is 0.774. The van der Waals surface area contributed by atoms with E-state index in [1.54, 1.807) is 18.2 Å². The van der Waals surface area contributed by atoms with Crippen LogP contribution in [0.1, 0.15) is 27.4 Å². The molecule has 0 bridgehead atoms. The summed E-state index contributed by atoms with van der Waals surface area (Å²) in [5.41, 5.74) is -1.71. The van der Waals surface area contributed by atoms with Gasteiger partial charge < -0.3 is 9.52 Å². The van der Waals surface area contributed by atoms with Gasteiger partial charge in [-0.1, -0.05) is 0 Å². The molecular weight excluding hydrogens is 341 g/mol. The van der Waals surface area contributed by atoms with Crippen LogP contribution in [0.25, 0.3) is 17.8 Å². The first-order valence-electron chi connectivity index (χ1n) is 7.29. The number of aromatic carboxylic acids is 1. The average molecular weight is 351 g/mol. The van der Waals surface area contributed by atoms with Crippen LogP contribution in [0.4, 0.5) is 4.39 Å². The summed E-state index contributed by atoms with van der Waals surface area (Å²) in [6.45, 7) is 0. The number of rotatable bonds is 4. The number of halogens is 1. The Kier molecular flexibility index (Phi) is 4.45. The average Bonchev–Trinajstić information content (AvgIpc) is 3.14. The number of aromatic nitrogens is 2. The number of carboxylic acids is 1. The van der Waals surface area contributed by atoms with Crippen LogP contribution in [0.2, 0.25) is 0 Å². The molecule has 0 saturated heterocycles. The number of furan rings is 1. The van der Waals surface area contributed by atoms with E-state index in [1.165, 1.54) is 30.5 Å². The fourth-order valence-electron chi connectivity index (χ4n) is 2.28.